The van der Waals surface area contributed by atoms with Crippen molar-refractivity contribution in [3.8, 4) is 0 Å². The fourth-order valence-electron chi connectivity index (χ4n) is 3.02. The van der Waals surface area contributed by atoms with E-state index in [2.05, 4.69) is 34.6 Å². The predicted octanol–water partition coefficient (Wildman–Crippen LogP) is 3.28. The van der Waals surface area contributed by atoms with Gasteiger partial charge in [-0.2, -0.15) is 0 Å². The average Bonchev–Trinajstić information content (AvgIpc) is 2.70. The van der Waals surface area contributed by atoms with Gasteiger partial charge in [0.2, 0.25) is 0 Å². The first kappa shape index (κ1) is 17.3. The molecule has 2 atom stereocenters. The third-order valence-electron chi connectivity index (χ3n) is 6.01. The van der Waals surface area contributed by atoms with Crippen LogP contribution in [0.4, 0.5) is 0 Å². The zero-order chi connectivity index (χ0) is 16.3. The van der Waals surface area contributed by atoms with Crippen LogP contribution in [-0.2, 0) is 18.6 Å². The van der Waals surface area contributed by atoms with Crippen LogP contribution in [0, 0.1) is 5.92 Å². The second-order valence-electron chi connectivity index (χ2n) is 8.16. The van der Waals surface area contributed by atoms with Crippen LogP contribution in [0.25, 0.3) is 0 Å². The Kier molecular flexibility index (Phi) is 4.11. The molecule has 120 valence electrons. The van der Waals surface area contributed by atoms with Gasteiger partial charge in [0, 0.05) is 0 Å². The van der Waals surface area contributed by atoms with E-state index in [1.807, 2.05) is 27.7 Å². The van der Waals surface area contributed by atoms with Gasteiger partial charge >= 0.3 is 14.0 Å². The second-order valence-corrected chi connectivity index (χ2v) is 8.16. The van der Waals surface area contributed by atoms with E-state index in [0.29, 0.717) is 5.92 Å². The Hall–Kier alpha value is -0.0301. The Labute approximate surface area is 130 Å². The topological polar surface area (TPSA) is 36.9 Å². The van der Waals surface area contributed by atoms with Gasteiger partial charge in [-0.25, -0.2) is 0 Å². The highest BCUT2D eigenvalue weighted by Crippen LogP contribution is 2.46. The molecule has 0 N–H and O–H groups in total. The molecule has 4 nitrogen and oxygen atoms in total. The minimum Gasteiger partial charge on any atom is -0.405 e. The molecule has 0 aliphatic carbocycles. The molecule has 0 aromatic carbocycles. The Balaban J connectivity index is 2.19. The van der Waals surface area contributed by atoms with Crippen molar-refractivity contribution in [2.75, 3.05) is 0 Å². The minimum absolute atomic E-state index is 0.351. The maximum absolute atomic E-state index is 6.32. The van der Waals surface area contributed by atoms with Crippen LogP contribution in [0.15, 0.2) is 0 Å². The fraction of sp³-hybridized carbons (Fsp3) is 1.00. The molecule has 2 fully saturated rings. The summed E-state index contributed by atoms with van der Waals surface area (Å²) in [5.74, 6) is 0.389. The first-order valence-electron chi connectivity index (χ1n) is 8.07. The summed E-state index contributed by atoms with van der Waals surface area (Å²) in [6.45, 7) is 18.9. The zero-order valence-corrected chi connectivity index (χ0v) is 15.1. The van der Waals surface area contributed by atoms with Crippen LogP contribution in [0.3, 0.4) is 0 Å². The van der Waals surface area contributed by atoms with Crippen molar-refractivity contribution < 1.29 is 18.6 Å². The van der Waals surface area contributed by atoms with Gasteiger partial charge < -0.3 is 18.6 Å². The maximum Gasteiger partial charge on any atom is 0.489 e. The lowest BCUT2D eigenvalue weighted by molar-refractivity contribution is -0.0499. The van der Waals surface area contributed by atoms with E-state index in [-0.39, 0.29) is 22.4 Å². The van der Waals surface area contributed by atoms with Gasteiger partial charge in [0.05, 0.1) is 22.4 Å². The monoisotopic (exact) mass is 296 g/mol. The molecule has 21 heavy (non-hydrogen) atoms. The van der Waals surface area contributed by atoms with Crippen LogP contribution < -0.4 is 0 Å². The summed E-state index contributed by atoms with van der Waals surface area (Å²) in [5.41, 5.74) is -1.47. The maximum atomic E-state index is 6.32. The van der Waals surface area contributed by atoms with Crippen molar-refractivity contribution in [3.63, 3.8) is 0 Å². The molecular formula is C15H30B2O4. The predicted molar refractivity (Wildman–Crippen MR) is 85.9 cm³/mol. The van der Waals surface area contributed by atoms with E-state index in [9.17, 15) is 0 Å². The summed E-state index contributed by atoms with van der Waals surface area (Å²) in [5, 5.41) is 0. The SMILES string of the molecule is CCC(C)C1(C)OB(B2OC(C)(C)C(C)(C)O2)OC1(C)C. The van der Waals surface area contributed by atoms with Gasteiger partial charge in [-0.1, -0.05) is 20.3 Å². The van der Waals surface area contributed by atoms with Gasteiger partial charge in [0.15, 0.2) is 0 Å². The highest BCUT2D eigenvalue weighted by molar-refractivity contribution is 7.11. The minimum atomic E-state index is -0.486. The first-order valence-corrected chi connectivity index (χ1v) is 8.07. The van der Waals surface area contributed by atoms with Gasteiger partial charge in [0.1, 0.15) is 0 Å². The Morgan fingerprint density at radius 2 is 1.10 bits per heavy atom. The van der Waals surface area contributed by atoms with Crippen LogP contribution in [0.1, 0.15) is 68.7 Å². The third kappa shape index (κ3) is 2.58. The summed E-state index contributed by atoms with van der Waals surface area (Å²) >= 11 is 0. The highest BCUT2D eigenvalue weighted by Gasteiger charge is 2.65. The average molecular weight is 296 g/mol. The lowest BCUT2D eigenvalue weighted by atomic mass is 9.49. The summed E-state index contributed by atoms with van der Waals surface area (Å²) in [6.07, 6.45) is 1.04. The van der Waals surface area contributed by atoms with Gasteiger partial charge in [-0.3, -0.25) is 0 Å². The van der Waals surface area contributed by atoms with E-state index >= 15 is 0 Å². The largest absolute Gasteiger partial charge is 0.489 e. The summed E-state index contributed by atoms with van der Waals surface area (Å²) < 4.78 is 24.7. The smallest absolute Gasteiger partial charge is 0.405 e. The number of hydrogen-bond acceptors (Lipinski definition) is 4. The molecular weight excluding hydrogens is 266 g/mol. The summed E-state index contributed by atoms with van der Waals surface area (Å²) in [7, 11) is -0.972. The number of rotatable bonds is 3. The zero-order valence-electron chi connectivity index (χ0n) is 15.1. The molecule has 6 heteroatoms. The molecule has 2 heterocycles. The van der Waals surface area contributed by atoms with Crippen molar-refractivity contribution in [1.29, 1.82) is 0 Å². The van der Waals surface area contributed by atoms with Crippen LogP contribution >= 0.6 is 0 Å². The molecule has 2 saturated heterocycles. The van der Waals surface area contributed by atoms with E-state index in [1.165, 1.54) is 0 Å². The quantitative estimate of drug-likeness (QED) is 0.749. The second kappa shape index (κ2) is 4.98. The molecule has 0 spiro atoms. The normalized spacial score (nSPS) is 35.3. The van der Waals surface area contributed by atoms with Crippen LogP contribution in [0.5, 0.6) is 0 Å². The van der Waals surface area contributed by atoms with Crippen molar-refractivity contribution >= 4 is 14.0 Å². The van der Waals surface area contributed by atoms with Gasteiger partial charge in [0.25, 0.3) is 0 Å². The molecule has 0 bridgehead atoms. The van der Waals surface area contributed by atoms with Crippen molar-refractivity contribution in [2.45, 2.75) is 91.1 Å². The van der Waals surface area contributed by atoms with Crippen molar-refractivity contribution in [3.05, 3.63) is 0 Å². The molecule has 0 aromatic heterocycles. The Morgan fingerprint density at radius 3 is 1.52 bits per heavy atom. The lowest BCUT2D eigenvalue weighted by Gasteiger charge is -2.41. The lowest BCUT2D eigenvalue weighted by Crippen LogP contribution is -2.49. The molecule has 0 radical (unpaired) electrons. The Morgan fingerprint density at radius 1 is 0.714 bits per heavy atom. The number of hydrogen-bond donors (Lipinski definition) is 0. The first-order chi connectivity index (χ1) is 9.36. The molecule has 2 aliphatic rings. The van der Waals surface area contributed by atoms with Crippen LogP contribution in [0.2, 0.25) is 0 Å². The standard InChI is InChI=1S/C15H30B2O4/c1-10-11(2)15(9)14(7,8)20-17(21-15)16-18-12(3,4)13(5,6)19-16/h11H,10H2,1-9H3. The third-order valence-corrected chi connectivity index (χ3v) is 6.01. The fourth-order valence-corrected chi connectivity index (χ4v) is 3.02. The van der Waals surface area contributed by atoms with Crippen molar-refractivity contribution in [1.82, 2.24) is 0 Å². The highest BCUT2D eigenvalue weighted by atomic mass is 16.7. The van der Waals surface area contributed by atoms with E-state index < -0.39 is 14.0 Å². The Bertz CT molecular complexity index is 394. The summed E-state index contributed by atoms with van der Waals surface area (Å²) in [4.78, 5) is 0. The molecule has 0 amide bonds. The van der Waals surface area contributed by atoms with E-state index in [4.69, 9.17) is 18.6 Å². The van der Waals surface area contributed by atoms with Crippen LogP contribution in [-0.4, -0.2) is 36.4 Å². The van der Waals surface area contributed by atoms with E-state index in [1.54, 1.807) is 0 Å². The van der Waals surface area contributed by atoms with E-state index in [0.717, 1.165) is 6.42 Å². The van der Waals surface area contributed by atoms with Gasteiger partial charge in [-0.15, -0.1) is 0 Å². The molecule has 2 rings (SSSR count). The molecule has 0 aromatic rings. The summed E-state index contributed by atoms with van der Waals surface area (Å²) in [6, 6.07) is 0. The molecule has 2 unspecified atom stereocenters. The molecule has 0 saturated carbocycles. The molecule has 2 aliphatic heterocycles. The van der Waals surface area contributed by atoms with Gasteiger partial charge in [-0.05, 0) is 54.4 Å². The van der Waals surface area contributed by atoms with Crippen molar-refractivity contribution in [2.24, 2.45) is 5.92 Å².